The topological polar surface area (TPSA) is 115 Å². The SMILES string of the molecule is CCOC(=O)C1=C(C)N=c2s/c(=C/c3cc(Br)cc(I)c3OCc3ccc(Cl)cc3Cl)c(=O)n2[C@H]1c1ccc(OCC(=O)OC)c(OCC)c1. The molecule has 0 radical (unpaired) electrons. The van der Waals surface area contributed by atoms with Crippen molar-refractivity contribution in [2.45, 2.75) is 33.4 Å². The van der Waals surface area contributed by atoms with Gasteiger partial charge in [0.1, 0.15) is 12.4 Å². The zero-order valence-electron chi connectivity index (χ0n) is 27.2. The number of hydrogen-bond donors (Lipinski definition) is 0. The van der Waals surface area contributed by atoms with Gasteiger partial charge in [-0.2, -0.15) is 0 Å². The number of rotatable bonds is 12. The third-order valence-electron chi connectivity index (χ3n) is 7.38. The molecule has 5 rings (SSSR count). The van der Waals surface area contributed by atoms with Crippen LogP contribution >= 0.6 is 73.1 Å². The number of hydrogen-bond acceptors (Lipinski definition) is 10. The van der Waals surface area contributed by atoms with Gasteiger partial charge in [-0.15, -0.1) is 0 Å². The van der Waals surface area contributed by atoms with Crippen molar-refractivity contribution in [2.24, 2.45) is 4.99 Å². The quantitative estimate of drug-likeness (QED) is 0.110. The highest BCUT2D eigenvalue weighted by Gasteiger charge is 2.34. The first-order valence-corrected chi connectivity index (χ1v) is 18.6. The molecule has 1 aliphatic heterocycles. The standard InChI is InChI=1S/C35H30BrCl2IN2O8S/c1-5-46-27-12-19(8-10-26(27)48-17-29(42)45-4)31-30(34(44)47-6-2)18(3)40-35-41(31)33(43)28(50-35)13-21-11-22(36)14-25(39)32(21)49-16-20-7-9-23(37)15-24(20)38/h7-15,31H,5-6,16-17H2,1-4H3/b28-13+/t31-/m0/s1. The summed E-state index contributed by atoms with van der Waals surface area (Å²) in [6.07, 6.45) is 1.74. The second-order valence-electron chi connectivity index (χ2n) is 10.6. The van der Waals surface area contributed by atoms with Gasteiger partial charge in [0.25, 0.3) is 5.56 Å². The van der Waals surface area contributed by atoms with Gasteiger partial charge in [0.05, 0.1) is 45.7 Å². The molecule has 3 aromatic carbocycles. The van der Waals surface area contributed by atoms with Crippen LogP contribution in [0.15, 0.2) is 74.1 Å². The van der Waals surface area contributed by atoms with Crippen LogP contribution in [0.4, 0.5) is 0 Å². The number of nitrogens with zero attached hydrogens (tertiary/aromatic N) is 2. The summed E-state index contributed by atoms with van der Waals surface area (Å²) in [6, 6.07) is 13.0. The van der Waals surface area contributed by atoms with Gasteiger partial charge >= 0.3 is 11.9 Å². The van der Waals surface area contributed by atoms with E-state index in [-0.39, 0.29) is 31.0 Å². The zero-order chi connectivity index (χ0) is 36.1. The summed E-state index contributed by atoms with van der Waals surface area (Å²) in [6.45, 7) is 5.48. The van der Waals surface area contributed by atoms with Crippen molar-refractivity contribution >= 4 is 91.1 Å². The predicted molar refractivity (Wildman–Crippen MR) is 203 cm³/mol. The highest BCUT2D eigenvalue weighted by Crippen LogP contribution is 2.37. The van der Waals surface area contributed by atoms with Crippen LogP contribution in [-0.4, -0.2) is 43.4 Å². The molecule has 15 heteroatoms. The van der Waals surface area contributed by atoms with E-state index in [4.69, 9.17) is 46.9 Å². The molecule has 0 aliphatic carbocycles. The van der Waals surface area contributed by atoms with Crippen LogP contribution < -0.4 is 29.1 Å². The highest BCUT2D eigenvalue weighted by molar-refractivity contribution is 14.1. The van der Waals surface area contributed by atoms with Gasteiger partial charge < -0.3 is 23.7 Å². The number of aromatic nitrogens is 1. The van der Waals surface area contributed by atoms with Gasteiger partial charge in [0.2, 0.25) is 0 Å². The molecule has 262 valence electrons. The van der Waals surface area contributed by atoms with E-state index in [1.165, 1.54) is 23.0 Å². The first kappa shape index (κ1) is 37.9. The number of thiazole rings is 1. The third-order valence-corrected chi connectivity index (χ3v) is 10.2. The monoisotopic (exact) mass is 914 g/mol. The van der Waals surface area contributed by atoms with E-state index < -0.39 is 18.0 Å². The second kappa shape index (κ2) is 16.8. The van der Waals surface area contributed by atoms with E-state index in [2.05, 4.69) is 43.5 Å². The van der Waals surface area contributed by atoms with Crippen LogP contribution in [-0.2, 0) is 25.7 Å². The van der Waals surface area contributed by atoms with Crippen molar-refractivity contribution in [1.82, 2.24) is 4.57 Å². The number of fused-ring (bicyclic) bond motifs is 1. The summed E-state index contributed by atoms with van der Waals surface area (Å²) in [5.41, 5.74) is 2.17. The average Bonchev–Trinajstić information content (AvgIpc) is 3.37. The van der Waals surface area contributed by atoms with E-state index >= 15 is 0 Å². The molecule has 1 aromatic heterocycles. The Bertz CT molecular complexity index is 2190. The van der Waals surface area contributed by atoms with Crippen molar-refractivity contribution in [3.63, 3.8) is 0 Å². The van der Waals surface area contributed by atoms with Crippen LogP contribution in [0.5, 0.6) is 17.2 Å². The average molecular weight is 916 g/mol. The number of methoxy groups -OCH3 is 1. The van der Waals surface area contributed by atoms with Crippen LogP contribution in [0, 0.1) is 3.57 Å². The maximum absolute atomic E-state index is 14.4. The Morgan fingerprint density at radius 2 is 1.82 bits per heavy atom. The van der Waals surface area contributed by atoms with Crippen molar-refractivity contribution < 1.29 is 33.3 Å². The molecule has 1 atom stereocenters. The lowest BCUT2D eigenvalue weighted by Gasteiger charge is -2.25. The van der Waals surface area contributed by atoms with E-state index in [0.717, 1.165) is 13.6 Å². The molecule has 0 unspecified atom stereocenters. The molecule has 0 spiro atoms. The lowest BCUT2D eigenvalue weighted by atomic mass is 9.95. The zero-order valence-corrected chi connectivity index (χ0v) is 33.3. The van der Waals surface area contributed by atoms with Crippen molar-refractivity contribution in [1.29, 1.82) is 0 Å². The lowest BCUT2D eigenvalue weighted by molar-refractivity contribution is -0.143. The molecule has 0 amide bonds. The molecule has 0 bridgehead atoms. The number of benzene rings is 3. The fraction of sp³-hybridized carbons (Fsp3) is 0.257. The Kier molecular flexibility index (Phi) is 12.7. The van der Waals surface area contributed by atoms with Gasteiger partial charge in [-0.25, -0.2) is 14.6 Å². The Morgan fingerprint density at radius 3 is 2.52 bits per heavy atom. The predicted octanol–water partition coefficient (Wildman–Crippen LogP) is 7.00. The maximum atomic E-state index is 14.4. The Hall–Kier alpha value is -3.37. The number of allylic oxidation sites excluding steroid dienone is 1. The van der Waals surface area contributed by atoms with Crippen molar-refractivity contribution in [2.75, 3.05) is 26.9 Å². The minimum atomic E-state index is -0.910. The van der Waals surface area contributed by atoms with Crippen molar-refractivity contribution in [3.05, 3.63) is 114 Å². The molecule has 4 aromatic rings. The fourth-order valence-electron chi connectivity index (χ4n) is 5.15. The molecular formula is C35H30BrCl2IN2O8S. The highest BCUT2D eigenvalue weighted by atomic mass is 127. The summed E-state index contributed by atoms with van der Waals surface area (Å²) in [4.78, 5) is 44.6. The van der Waals surface area contributed by atoms with Crippen LogP contribution in [0.1, 0.15) is 43.5 Å². The summed E-state index contributed by atoms with van der Waals surface area (Å²) < 4.78 is 31.3. The molecule has 50 heavy (non-hydrogen) atoms. The Morgan fingerprint density at radius 1 is 1.04 bits per heavy atom. The Balaban J connectivity index is 1.64. The molecule has 0 fully saturated rings. The van der Waals surface area contributed by atoms with Crippen LogP contribution in [0.3, 0.4) is 0 Å². The number of esters is 2. The van der Waals surface area contributed by atoms with Gasteiger partial charge in [-0.3, -0.25) is 9.36 Å². The molecular weight excluding hydrogens is 886 g/mol. The summed E-state index contributed by atoms with van der Waals surface area (Å²) in [5, 5.41) is 0.993. The molecule has 1 aliphatic rings. The van der Waals surface area contributed by atoms with Gasteiger partial charge in [-0.05, 0) is 91.4 Å². The number of halogens is 4. The number of carbonyl (C=O) groups excluding carboxylic acids is 2. The lowest BCUT2D eigenvalue weighted by Crippen LogP contribution is -2.40. The van der Waals surface area contributed by atoms with Gasteiger partial charge in [-0.1, -0.05) is 62.6 Å². The molecule has 0 saturated heterocycles. The smallest absolute Gasteiger partial charge is 0.343 e. The molecule has 2 heterocycles. The minimum absolute atomic E-state index is 0.128. The second-order valence-corrected chi connectivity index (χ2v) is 14.6. The normalized spacial score (nSPS) is 14.2. The number of carbonyl (C=O) groups is 2. The fourth-order valence-corrected chi connectivity index (χ4v) is 8.36. The molecule has 0 saturated carbocycles. The Labute approximate surface area is 323 Å². The minimum Gasteiger partial charge on any atom is -0.490 e. The maximum Gasteiger partial charge on any atom is 0.343 e. The summed E-state index contributed by atoms with van der Waals surface area (Å²) in [5.74, 6) is 0.00235. The largest absolute Gasteiger partial charge is 0.490 e. The molecule has 10 nitrogen and oxygen atoms in total. The van der Waals surface area contributed by atoms with E-state index in [9.17, 15) is 14.4 Å². The first-order chi connectivity index (χ1) is 23.9. The summed E-state index contributed by atoms with van der Waals surface area (Å²) in [7, 11) is 1.27. The van der Waals surface area contributed by atoms with Crippen LogP contribution in [0.25, 0.3) is 6.08 Å². The van der Waals surface area contributed by atoms with E-state index in [0.29, 0.717) is 60.1 Å². The number of ether oxygens (including phenoxy) is 5. The van der Waals surface area contributed by atoms with E-state index in [1.54, 1.807) is 63.2 Å². The van der Waals surface area contributed by atoms with Gasteiger partial charge in [0, 0.05) is 25.6 Å². The van der Waals surface area contributed by atoms with Crippen LogP contribution in [0.2, 0.25) is 10.0 Å². The third kappa shape index (κ3) is 8.39. The first-order valence-electron chi connectivity index (χ1n) is 15.2. The van der Waals surface area contributed by atoms with Crippen molar-refractivity contribution in [3.8, 4) is 17.2 Å². The molecule has 0 N–H and O–H groups in total. The summed E-state index contributed by atoms with van der Waals surface area (Å²) >= 11 is 19.4. The van der Waals surface area contributed by atoms with E-state index in [1.807, 2.05) is 12.1 Å². The van der Waals surface area contributed by atoms with Gasteiger partial charge in [0.15, 0.2) is 22.9 Å².